The van der Waals surface area contributed by atoms with Gasteiger partial charge < -0.3 is 15.5 Å². The predicted molar refractivity (Wildman–Crippen MR) is 78.1 cm³/mol. The number of aryl methyl sites for hydroxylation is 1. The minimum absolute atomic E-state index is 0.0569. The first-order valence-corrected chi connectivity index (χ1v) is 6.25. The maximum atomic E-state index is 14.0. The summed E-state index contributed by atoms with van der Waals surface area (Å²) in [5, 5.41) is 5.35. The zero-order valence-corrected chi connectivity index (χ0v) is 12.2. The molecule has 21 heavy (non-hydrogen) atoms. The molecule has 112 valence electrons. The summed E-state index contributed by atoms with van der Waals surface area (Å²) < 4.78 is 27.7. The highest BCUT2D eigenvalue weighted by molar-refractivity contribution is 5.58. The Bertz CT molecular complexity index is 659. The molecule has 0 saturated carbocycles. The molecule has 0 aliphatic heterocycles. The summed E-state index contributed by atoms with van der Waals surface area (Å²) in [6, 6.07) is 2.56. The number of nitrogens with zero attached hydrogens (tertiary/aromatic N) is 4. The van der Waals surface area contributed by atoms with Gasteiger partial charge in [-0.1, -0.05) is 6.07 Å². The third-order valence-corrected chi connectivity index (χ3v) is 2.77. The van der Waals surface area contributed by atoms with Crippen molar-refractivity contribution in [2.24, 2.45) is 0 Å². The van der Waals surface area contributed by atoms with E-state index in [-0.39, 0.29) is 11.6 Å². The van der Waals surface area contributed by atoms with Crippen LogP contribution in [0.2, 0.25) is 0 Å². The van der Waals surface area contributed by atoms with Crippen LogP contribution in [0.4, 0.5) is 32.3 Å². The molecule has 0 unspecified atom stereocenters. The Kier molecular flexibility index (Phi) is 4.15. The maximum absolute atomic E-state index is 14.0. The molecule has 1 aromatic heterocycles. The molecule has 8 heteroatoms. The van der Waals surface area contributed by atoms with Crippen LogP contribution in [0.1, 0.15) is 5.56 Å². The Morgan fingerprint density at radius 3 is 2.33 bits per heavy atom. The van der Waals surface area contributed by atoms with Crippen molar-refractivity contribution in [3.8, 4) is 0 Å². The molecule has 0 spiro atoms. The largest absolute Gasteiger partial charge is 0.357 e. The summed E-state index contributed by atoms with van der Waals surface area (Å²) >= 11 is 0. The Morgan fingerprint density at radius 2 is 1.71 bits per heavy atom. The van der Waals surface area contributed by atoms with Crippen LogP contribution in [0.3, 0.4) is 0 Å². The minimum Gasteiger partial charge on any atom is -0.357 e. The fourth-order valence-corrected chi connectivity index (χ4v) is 1.62. The number of aromatic nitrogens is 3. The molecule has 0 aliphatic rings. The standard InChI is InChI=1S/C13H16F2N6/c1-7-5-6-8(14)10(9(7)15)17-12-18-11(16-2)19-13(20-12)21(3)4/h5-6H,1-4H3,(H2,16,17,18,19,20). The molecule has 1 aromatic carbocycles. The average Bonchev–Trinajstić information content (AvgIpc) is 2.47. The SMILES string of the molecule is CNc1nc(Nc2c(F)ccc(C)c2F)nc(N(C)C)n1. The number of hydrogen-bond acceptors (Lipinski definition) is 6. The van der Waals surface area contributed by atoms with Crippen molar-refractivity contribution in [2.75, 3.05) is 36.7 Å². The van der Waals surface area contributed by atoms with Crippen LogP contribution in [-0.4, -0.2) is 36.1 Å². The second-order valence-electron chi connectivity index (χ2n) is 4.61. The minimum atomic E-state index is -0.712. The molecule has 0 radical (unpaired) electrons. The highest BCUT2D eigenvalue weighted by atomic mass is 19.1. The molecular weight excluding hydrogens is 278 g/mol. The van der Waals surface area contributed by atoms with E-state index in [1.54, 1.807) is 33.0 Å². The number of hydrogen-bond donors (Lipinski definition) is 2. The second kappa shape index (κ2) is 5.86. The highest BCUT2D eigenvalue weighted by Gasteiger charge is 2.14. The molecule has 2 rings (SSSR count). The van der Waals surface area contributed by atoms with Crippen molar-refractivity contribution < 1.29 is 8.78 Å². The third kappa shape index (κ3) is 3.15. The van der Waals surface area contributed by atoms with Gasteiger partial charge in [0, 0.05) is 21.1 Å². The van der Waals surface area contributed by atoms with Gasteiger partial charge in [0.1, 0.15) is 11.5 Å². The Hall–Kier alpha value is -2.51. The van der Waals surface area contributed by atoms with Crippen molar-refractivity contribution in [1.82, 2.24) is 15.0 Å². The molecule has 1 heterocycles. The number of rotatable bonds is 4. The van der Waals surface area contributed by atoms with Gasteiger partial charge in [-0.15, -0.1) is 0 Å². The maximum Gasteiger partial charge on any atom is 0.233 e. The van der Waals surface area contributed by atoms with Crippen LogP contribution >= 0.6 is 0 Å². The van der Waals surface area contributed by atoms with Crippen LogP contribution in [0.5, 0.6) is 0 Å². The van der Waals surface area contributed by atoms with E-state index in [9.17, 15) is 8.78 Å². The summed E-state index contributed by atoms with van der Waals surface area (Å²) in [5.74, 6) is -0.666. The molecule has 6 nitrogen and oxygen atoms in total. The van der Waals surface area contributed by atoms with Crippen molar-refractivity contribution >= 4 is 23.5 Å². The van der Waals surface area contributed by atoms with Crippen molar-refractivity contribution in [1.29, 1.82) is 0 Å². The molecule has 0 atom stereocenters. The van der Waals surface area contributed by atoms with E-state index in [4.69, 9.17) is 0 Å². The van der Waals surface area contributed by atoms with E-state index < -0.39 is 11.6 Å². The lowest BCUT2D eigenvalue weighted by atomic mass is 10.2. The predicted octanol–water partition coefficient (Wildman–Crippen LogP) is 2.31. The van der Waals surface area contributed by atoms with E-state index in [1.165, 1.54) is 12.1 Å². The fraction of sp³-hybridized carbons (Fsp3) is 0.308. The Labute approximate surface area is 121 Å². The van der Waals surface area contributed by atoms with Gasteiger partial charge >= 0.3 is 0 Å². The fourth-order valence-electron chi connectivity index (χ4n) is 1.62. The summed E-state index contributed by atoms with van der Waals surface area (Å²) in [4.78, 5) is 13.9. The number of halogens is 2. The monoisotopic (exact) mass is 294 g/mol. The van der Waals surface area contributed by atoms with E-state index in [0.29, 0.717) is 17.5 Å². The van der Waals surface area contributed by atoms with E-state index in [1.807, 2.05) is 0 Å². The van der Waals surface area contributed by atoms with Crippen LogP contribution in [-0.2, 0) is 0 Å². The van der Waals surface area contributed by atoms with Crippen molar-refractivity contribution in [3.63, 3.8) is 0 Å². The normalized spacial score (nSPS) is 10.4. The summed E-state index contributed by atoms with van der Waals surface area (Å²) in [5.41, 5.74) is 0.0441. The van der Waals surface area contributed by atoms with Gasteiger partial charge in [0.05, 0.1) is 0 Å². The van der Waals surface area contributed by atoms with Crippen molar-refractivity contribution in [3.05, 3.63) is 29.3 Å². The van der Waals surface area contributed by atoms with Crippen LogP contribution in [0.25, 0.3) is 0 Å². The average molecular weight is 294 g/mol. The lowest BCUT2D eigenvalue weighted by molar-refractivity contribution is 0.584. The lowest BCUT2D eigenvalue weighted by Gasteiger charge is -2.14. The van der Waals surface area contributed by atoms with E-state index >= 15 is 0 Å². The van der Waals surface area contributed by atoms with Gasteiger partial charge in [-0.05, 0) is 18.6 Å². The lowest BCUT2D eigenvalue weighted by Crippen LogP contribution is -2.16. The van der Waals surface area contributed by atoms with Gasteiger partial charge in [-0.2, -0.15) is 15.0 Å². The molecule has 0 aliphatic carbocycles. The summed E-state index contributed by atoms with van der Waals surface area (Å²) in [7, 11) is 5.16. The first-order chi connectivity index (χ1) is 9.92. The molecule has 0 saturated heterocycles. The van der Waals surface area contributed by atoms with Crippen LogP contribution in [0, 0.1) is 18.6 Å². The molecule has 0 amide bonds. The van der Waals surface area contributed by atoms with Crippen LogP contribution in [0.15, 0.2) is 12.1 Å². The highest BCUT2D eigenvalue weighted by Crippen LogP contribution is 2.25. The molecule has 2 aromatic rings. The first kappa shape index (κ1) is 14.9. The zero-order valence-electron chi connectivity index (χ0n) is 12.2. The second-order valence-corrected chi connectivity index (χ2v) is 4.61. The topological polar surface area (TPSA) is 66.0 Å². The number of benzene rings is 1. The third-order valence-electron chi connectivity index (χ3n) is 2.77. The number of nitrogens with one attached hydrogen (secondary N) is 2. The summed E-state index contributed by atoms with van der Waals surface area (Å²) in [6.45, 7) is 1.55. The van der Waals surface area contributed by atoms with Gasteiger partial charge in [0.15, 0.2) is 5.82 Å². The Morgan fingerprint density at radius 1 is 1.05 bits per heavy atom. The molecular formula is C13H16F2N6. The smallest absolute Gasteiger partial charge is 0.233 e. The van der Waals surface area contributed by atoms with E-state index in [0.717, 1.165) is 0 Å². The van der Waals surface area contributed by atoms with Gasteiger partial charge in [-0.25, -0.2) is 8.78 Å². The van der Waals surface area contributed by atoms with Gasteiger partial charge in [0.25, 0.3) is 0 Å². The molecule has 0 bridgehead atoms. The van der Waals surface area contributed by atoms with Gasteiger partial charge in [0.2, 0.25) is 17.8 Å². The van der Waals surface area contributed by atoms with Crippen LogP contribution < -0.4 is 15.5 Å². The quantitative estimate of drug-likeness (QED) is 0.902. The zero-order chi connectivity index (χ0) is 15.6. The molecule has 0 fully saturated rings. The first-order valence-electron chi connectivity index (χ1n) is 6.25. The summed E-state index contributed by atoms with van der Waals surface area (Å²) in [6.07, 6.45) is 0. The van der Waals surface area contributed by atoms with E-state index in [2.05, 4.69) is 25.6 Å². The van der Waals surface area contributed by atoms with Crippen molar-refractivity contribution in [2.45, 2.75) is 6.92 Å². The molecule has 2 N–H and O–H groups in total. The Balaban J connectivity index is 2.44. The van der Waals surface area contributed by atoms with Gasteiger partial charge in [-0.3, -0.25) is 0 Å². The number of anilines is 4.